The van der Waals surface area contributed by atoms with Crippen LogP contribution in [0, 0.1) is 0 Å². The molecular formula is C13H15N. The summed E-state index contributed by atoms with van der Waals surface area (Å²) in [6.07, 6.45) is 5.99. The minimum Gasteiger partial charge on any atom is -0.272 e. The topological polar surface area (TPSA) is 12.4 Å². The van der Waals surface area contributed by atoms with Crippen molar-refractivity contribution in [1.29, 1.82) is 0 Å². The van der Waals surface area contributed by atoms with Gasteiger partial charge in [0.2, 0.25) is 0 Å². The van der Waals surface area contributed by atoms with E-state index < -0.39 is 0 Å². The molecule has 1 heteroatoms. The van der Waals surface area contributed by atoms with Gasteiger partial charge in [0.1, 0.15) is 0 Å². The van der Waals surface area contributed by atoms with E-state index in [1.54, 1.807) is 6.20 Å². The van der Waals surface area contributed by atoms with Gasteiger partial charge in [-0.2, -0.15) is 0 Å². The average Bonchev–Trinajstić information content (AvgIpc) is 2.21. The lowest BCUT2D eigenvalue weighted by Gasteiger charge is -1.91. The number of allylic oxidation sites excluding steroid dienone is 2. The van der Waals surface area contributed by atoms with Gasteiger partial charge in [-0.25, -0.2) is 0 Å². The zero-order chi connectivity index (χ0) is 10.4. The lowest BCUT2D eigenvalue weighted by Crippen LogP contribution is -2.23. The maximum atomic E-state index is 3.79. The predicted octanol–water partition coefficient (Wildman–Crippen LogP) is 1.87. The molecule has 0 bridgehead atoms. The molecule has 1 aromatic carbocycles. The molecular weight excluding hydrogens is 170 g/mol. The van der Waals surface area contributed by atoms with Crippen LogP contribution in [0.25, 0.3) is 12.3 Å². The van der Waals surface area contributed by atoms with Crippen LogP contribution in [-0.2, 0) is 0 Å². The van der Waals surface area contributed by atoms with Crippen LogP contribution in [0.15, 0.2) is 40.9 Å². The van der Waals surface area contributed by atoms with Gasteiger partial charge in [0.05, 0.1) is 0 Å². The van der Waals surface area contributed by atoms with E-state index in [-0.39, 0.29) is 0 Å². The molecule has 0 fully saturated rings. The van der Waals surface area contributed by atoms with Gasteiger partial charge < -0.3 is 0 Å². The molecule has 0 aromatic heterocycles. The van der Waals surface area contributed by atoms with Gasteiger partial charge in [-0.15, -0.1) is 0 Å². The van der Waals surface area contributed by atoms with Crippen LogP contribution in [0.1, 0.15) is 13.8 Å². The molecule has 0 unspecified atom stereocenters. The van der Waals surface area contributed by atoms with Crippen LogP contribution in [-0.4, -0.2) is 6.72 Å². The third kappa shape index (κ3) is 2.70. The third-order valence-corrected chi connectivity index (χ3v) is 2.06. The van der Waals surface area contributed by atoms with Crippen molar-refractivity contribution in [1.82, 2.24) is 0 Å². The van der Waals surface area contributed by atoms with Crippen molar-refractivity contribution in [3.63, 3.8) is 0 Å². The Morgan fingerprint density at radius 3 is 2.50 bits per heavy atom. The Hall–Kier alpha value is -1.63. The first-order valence-corrected chi connectivity index (χ1v) is 4.63. The molecule has 0 radical (unpaired) electrons. The third-order valence-electron chi connectivity index (χ3n) is 2.06. The molecule has 0 saturated heterocycles. The number of aliphatic imine (C=N–C) groups is 1. The van der Waals surface area contributed by atoms with E-state index in [2.05, 4.69) is 36.9 Å². The molecule has 0 atom stereocenters. The summed E-state index contributed by atoms with van der Waals surface area (Å²) >= 11 is 0. The first-order chi connectivity index (χ1) is 6.77. The summed E-state index contributed by atoms with van der Waals surface area (Å²) in [5.74, 6) is 0. The summed E-state index contributed by atoms with van der Waals surface area (Å²) in [4.78, 5) is 3.79. The molecule has 0 saturated carbocycles. The minimum absolute atomic E-state index is 1.10. The Labute approximate surface area is 84.8 Å². The van der Waals surface area contributed by atoms with Gasteiger partial charge in [-0.3, -0.25) is 4.99 Å². The number of hydrogen-bond acceptors (Lipinski definition) is 1. The summed E-state index contributed by atoms with van der Waals surface area (Å²) in [5, 5.41) is 2.28. The quantitative estimate of drug-likeness (QED) is 0.624. The smallest absolute Gasteiger partial charge is 0.0339 e. The van der Waals surface area contributed by atoms with Crippen LogP contribution >= 0.6 is 0 Å². The first kappa shape index (κ1) is 10.5. The molecule has 0 aliphatic rings. The second-order valence-electron chi connectivity index (χ2n) is 3.12. The van der Waals surface area contributed by atoms with E-state index in [0.717, 1.165) is 5.22 Å². The van der Waals surface area contributed by atoms with Crippen molar-refractivity contribution < 1.29 is 0 Å². The molecule has 14 heavy (non-hydrogen) atoms. The fraction of sp³-hybridized carbons (Fsp3) is 0.154. The van der Waals surface area contributed by atoms with E-state index in [9.17, 15) is 0 Å². The molecule has 1 nitrogen and oxygen atoms in total. The Morgan fingerprint density at radius 2 is 1.93 bits per heavy atom. The highest BCUT2D eigenvalue weighted by Gasteiger charge is 1.84. The fourth-order valence-electron chi connectivity index (χ4n) is 1.19. The summed E-state index contributed by atoms with van der Waals surface area (Å²) < 4.78 is 0. The van der Waals surface area contributed by atoms with Gasteiger partial charge >= 0.3 is 0 Å². The molecule has 0 aliphatic carbocycles. The van der Waals surface area contributed by atoms with Crippen LogP contribution in [0.2, 0.25) is 0 Å². The Balaban J connectivity index is 3.42. The van der Waals surface area contributed by atoms with Crippen LogP contribution in [0.3, 0.4) is 0 Å². The normalized spacial score (nSPS) is 14.6. The van der Waals surface area contributed by atoms with E-state index in [1.165, 1.54) is 10.8 Å². The molecule has 0 N–H and O–H groups in total. The van der Waals surface area contributed by atoms with Gasteiger partial charge in [-0.05, 0) is 31.0 Å². The van der Waals surface area contributed by atoms with E-state index in [1.807, 2.05) is 25.1 Å². The van der Waals surface area contributed by atoms with Crippen molar-refractivity contribution in [3.8, 4) is 0 Å². The maximum absolute atomic E-state index is 3.79. The van der Waals surface area contributed by atoms with Gasteiger partial charge in [0.15, 0.2) is 0 Å². The standard InChI is InChI=1S/C13H15N/c1-4-11(2)9-12-7-5-6-8-13(12)10-14-3/h4-10H,3H2,1-2H3/b11-4+,12-9+,13-10-. The summed E-state index contributed by atoms with van der Waals surface area (Å²) in [6, 6.07) is 8.13. The largest absolute Gasteiger partial charge is 0.272 e. The van der Waals surface area contributed by atoms with Gasteiger partial charge in [0, 0.05) is 6.20 Å². The number of benzene rings is 1. The lowest BCUT2D eigenvalue weighted by molar-refractivity contribution is 1.46. The van der Waals surface area contributed by atoms with Crippen LogP contribution in [0.4, 0.5) is 0 Å². The highest BCUT2D eigenvalue weighted by atomic mass is 14.6. The molecule has 0 aliphatic heterocycles. The van der Waals surface area contributed by atoms with Crippen LogP contribution < -0.4 is 10.4 Å². The number of hydrogen-bond donors (Lipinski definition) is 0. The Morgan fingerprint density at radius 1 is 1.29 bits per heavy atom. The van der Waals surface area contributed by atoms with Crippen molar-refractivity contribution >= 4 is 19.0 Å². The van der Waals surface area contributed by atoms with Gasteiger partial charge in [0.25, 0.3) is 0 Å². The highest BCUT2D eigenvalue weighted by molar-refractivity contribution is 5.47. The fourth-order valence-corrected chi connectivity index (χ4v) is 1.19. The van der Waals surface area contributed by atoms with E-state index in [4.69, 9.17) is 0 Å². The molecule has 0 heterocycles. The van der Waals surface area contributed by atoms with Gasteiger partial charge in [-0.1, -0.05) is 42.0 Å². The zero-order valence-corrected chi connectivity index (χ0v) is 8.70. The van der Waals surface area contributed by atoms with Crippen molar-refractivity contribution in [2.45, 2.75) is 13.8 Å². The Bertz CT molecular complexity index is 452. The lowest BCUT2D eigenvalue weighted by atomic mass is 10.2. The molecule has 72 valence electrons. The second-order valence-corrected chi connectivity index (χ2v) is 3.12. The number of rotatable bonds is 2. The SMILES string of the molecule is C=N/C=c1/cccc/c1=C\C(C)=C\C. The van der Waals surface area contributed by atoms with Crippen molar-refractivity contribution in [2.75, 3.05) is 0 Å². The monoisotopic (exact) mass is 185 g/mol. The van der Waals surface area contributed by atoms with E-state index in [0.29, 0.717) is 0 Å². The summed E-state index contributed by atoms with van der Waals surface area (Å²) in [5.41, 5.74) is 1.25. The molecule has 0 amide bonds. The maximum Gasteiger partial charge on any atom is 0.0339 e. The zero-order valence-electron chi connectivity index (χ0n) is 8.70. The highest BCUT2D eigenvalue weighted by Crippen LogP contribution is 1.91. The number of nitrogens with zero attached hydrogens (tertiary/aromatic N) is 1. The first-order valence-electron chi connectivity index (χ1n) is 4.63. The van der Waals surface area contributed by atoms with Crippen molar-refractivity contribution in [2.24, 2.45) is 4.99 Å². The predicted molar refractivity (Wildman–Crippen MR) is 63.6 cm³/mol. The summed E-state index contributed by atoms with van der Waals surface area (Å²) in [7, 11) is 0. The second kappa shape index (κ2) is 5.18. The van der Waals surface area contributed by atoms with Crippen molar-refractivity contribution in [3.05, 3.63) is 46.4 Å². The Kier molecular flexibility index (Phi) is 3.86. The molecule has 1 rings (SSSR count). The average molecular weight is 185 g/mol. The molecule has 0 spiro atoms. The molecule has 1 aromatic rings. The van der Waals surface area contributed by atoms with Crippen LogP contribution in [0.5, 0.6) is 0 Å². The van der Waals surface area contributed by atoms with E-state index >= 15 is 0 Å². The minimum atomic E-state index is 1.10. The summed E-state index contributed by atoms with van der Waals surface area (Å²) in [6.45, 7) is 7.58.